The van der Waals surface area contributed by atoms with Crippen LogP contribution in [0.5, 0.6) is 0 Å². The van der Waals surface area contributed by atoms with Crippen LogP contribution in [0.1, 0.15) is 11.1 Å². The molecule has 0 aliphatic rings. The van der Waals surface area contributed by atoms with Crippen LogP contribution >= 0.6 is 0 Å². The van der Waals surface area contributed by atoms with E-state index in [2.05, 4.69) is 16.9 Å². The smallest absolute Gasteiger partial charge is 0.272 e. The van der Waals surface area contributed by atoms with Gasteiger partial charge in [0.2, 0.25) is 5.90 Å². The molecule has 10 heteroatoms. The minimum absolute atomic E-state index is 0.0604. The van der Waals surface area contributed by atoms with Gasteiger partial charge in [-0.25, -0.2) is 21.8 Å². The summed E-state index contributed by atoms with van der Waals surface area (Å²) in [6.07, 6.45) is -1.40. The number of hydrogen-bond donors (Lipinski definition) is 0. The fourth-order valence-electron chi connectivity index (χ4n) is 2.31. The number of alkyl halides is 2. The normalized spacial score (nSPS) is 12.7. The Morgan fingerprint density at radius 3 is 2.50 bits per heavy atom. The summed E-state index contributed by atoms with van der Waals surface area (Å²) in [5.74, 6) is -1.64. The molecule has 0 saturated heterocycles. The lowest BCUT2D eigenvalue weighted by atomic mass is 10.1. The maximum atomic E-state index is 14.6. The van der Waals surface area contributed by atoms with Crippen molar-refractivity contribution in [1.29, 1.82) is 0 Å². The molecule has 0 bridgehead atoms. The molecule has 0 N–H and O–H groups in total. The maximum Gasteiger partial charge on any atom is 0.272 e. The first-order valence-electron chi connectivity index (χ1n) is 7.92. The van der Waals surface area contributed by atoms with E-state index in [1.54, 1.807) is 6.07 Å². The van der Waals surface area contributed by atoms with Crippen LogP contribution in [-0.2, 0) is 22.3 Å². The van der Waals surface area contributed by atoms with Crippen LogP contribution in [0.2, 0.25) is 0 Å². The van der Waals surface area contributed by atoms with Crippen LogP contribution in [0.4, 0.5) is 23.2 Å². The van der Waals surface area contributed by atoms with Crippen molar-refractivity contribution in [3.63, 3.8) is 0 Å². The second-order valence-corrected chi connectivity index (χ2v) is 6.75. The molecule has 0 aliphatic carbocycles. The van der Waals surface area contributed by atoms with Crippen LogP contribution < -0.4 is 4.31 Å². The number of para-hydroxylation sites is 1. The van der Waals surface area contributed by atoms with Crippen molar-refractivity contribution in [2.75, 3.05) is 17.2 Å². The van der Waals surface area contributed by atoms with Gasteiger partial charge in [-0.15, -0.1) is 5.10 Å². The quantitative estimate of drug-likeness (QED) is 0.284. The Bertz CT molecular complexity index is 893. The topological polar surface area (TPSA) is 54.3 Å². The first-order chi connectivity index (χ1) is 13.3. The van der Waals surface area contributed by atoms with Gasteiger partial charge >= 0.3 is 0 Å². The fourth-order valence-corrected chi connectivity index (χ4v) is 3.05. The molecule has 1 atom stereocenters. The van der Waals surface area contributed by atoms with Gasteiger partial charge in [0.1, 0.15) is 22.6 Å². The SMILES string of the molecule is C=N/N=C(\OCC(F)F)c1ccc(CN(c2ccccc2F)S(C)=O)c(F)c1. The van der Waals surface area contributed by atoms with Crippen molar-refractivity contribution in [2.45, 2.75) is 13.0 Å². The molecule has 5 nitrogen and oxygen atoms in total. The van der Waals surface area contributed by atoms with Crippen molar-refractivity contribution in [3.8, 4) is 0 Å². The molecular formula is C18H17F4N3O2S. The summed E-state index contributed by atoms with van der Waals surface area (Å²) in [6, 6.07) is 9.44. The molecule has 0 spiro atoms. The summed E-state index contributed by atoms with van der Waals surface area (Å²) >= 11 is 0. The summed E-state index contributed by atoms with van der Waals surface area (Å²) < 4.78 is 71.3. The van der Waals surface area contributed by atoms with Crippen molar-refractivity contribution >= 4 is 29.3 Å². The Morgan fingerprint density at radius 1 is 1.21 bits per heavy atom. The van der Waals surface area contributed by atoms with Crippen molar-refractivity contribution in [2.24, 2.45) is 10.2 Å². The van der Waals surface area contributed by atoms with Gasteiger partial charge in [-0.05, 0) is 24.3 Å². The van der Waals surface area contributed by atoms with Gasteiger partial charge in [0, 0.05) is 24.1 Å². The maximum absolute atomic E-state index is 14.6. The van der Waals surface area contributed by atoms with E-state index in [9.17, 15) is 21.8 Å². The van der Waals surface area contributed by atoms with Gasteiger partial charge in [0.05, 0.1) is 12.2 Å². The Hall–Kier alpha value is -2.75. The van der Waals surface area contributed by atoms with E-state index in [0.29, 0.717) is 0 Å². The molecule has 0 heterocycles. The lowest BCUT2D eigenvalue weighted by Gasteiger charge is -2.22. The Balaban J connectivity index is 2.30. The molecule has 0 fully saturated rings. The van der Waals surface area contributed by atoms with Crippen molar-refractivity contribution in [3.05, 3.63) is 65.2 Å². The first kappa shape index (κ1) is 21.5. The van der Waals surface area contributed by atoms with Gasteiger partial charge in [0.15, 0.2) is 6.61 Å². The summed E-state index contributed by atoms with van der Waals surface area (Å²) in [5.41, 5.74) is 0.247. The summed E-state index contributed by atoms with van der Waals surface area (Å²) in [7, 11) is -1.63. The van der Waals surface area contributed by atoms with Gasteiger partial charge < -0.3 is 4.74 Å². The molecule has 0 amide bonds. The van der Waals surface area contributed by atoms with E-state index < -0.39 is 35.7 Å². The number of anilines is 1. The molecule has 0 saturated carbocycles. The summed E-state index contributed by atoms with van der Waals surface area (Å²) in [5, 5.41) is 6.70. The monoisotopic (exact) mass is 415 g/mol. The molecule has 28 heavy (non-hydrogen) atoms. The van der Waals surface area contributed by atoms with Crippen LogP contribution in [0, 0.1) is 11.6 Å². The molecule has 1 unspecified atom stereocenters. The molecule has 0 aromatic heterocycles. The van der Waals surface area contributed by atoms with E-state index in [0.717, 1.165) is 6.07 Å². The highest BCUT2D eigenvalue weighted by atomic mass is 32.2. The second kappa shape index (κ2) is 9.98. The van der Waals surface area contributed by atoms with Crippen molar-refractivity contribution < 1.29 is 26.5 Å². The zero-order chi connectivity index (χ0) is 20.7. The minimum atomic E-state index is -2.74. The van der Waals surface area contributed by atoms with E-state index >= 15 is 0 Å². The number of hydrogen-bond acceptors (Lipinski definition) is 4. The Morgan fingerprint density at radius 2 is 1.93 bits per heavy atom. The second-order valence-electron chi connectivity index (χ2n) is 5.47. The van der Waals surface area contributed by atoms with Gasteiger partial charge in [-0.3, -0.25) is 4.31 Å². The Labute approximate surface area is 161 Å². The lowest BCUT2D eigenvalue weighted by molar-refractivity contribution is 0.0765. The largest absolute Gasteiger partial charge is 0.470 e. The van der Waals surface area contributed by atoms with Crippen molar-refractivity contribution in [1.82, 2.24) is 0 Å². The number of benzene rings is 2. The third kappa shape index (κ3) is 5.62. The van der Waals surface area contributed by atoms with Crippen LogP contribution in [0.3, 0.4) is 0 Å². The average Bonchev–Trinajstić information content (AvgIpc) is 2.64. The van der Waals surface area contributed by atoms with Gasteiger partial charge in [-0.1, -0.05) is 18.2 Å². The average molecular weight is 415 g/mol. The fraction of sp³-hybridized carbons (Fsp3) is 0.222. The molecule has 150 valence electrons. The van der Waals surface area contributed by atoms with Crippen LogP contribution in [0.15, 0.2) is 52.7 Å². The molecule has 0 aliphatic heterocycles. The number of halogens is 4. The van der Waals surface area contributed by atoms with Crippen LogP contribution in [-0.4, -0.2) is 36.1 Å². The predicted octanol–water partition coefficient (Wildman–Crippen LogP) is 3.91. The Kier molecular flexibility index (Phi) is 7.68. The third-order valence-corrected chi connectivity index (χ3v) is 4.50. The van der Waals surface area contributed by atoms with Gasteiger partial charge in [0.25, 0.3) is 6.43 Å². The standard InChI is InChI=1S/C18H17F4N3O2S/c1-23-24-18(27-11-17(21)22)12-7-8-13(15(20)9-12)10-25(28(2)26)16-6-4-3-5-14(16)19/h3-9,17H,1,10-11H2,2H3/b24-18-. The molecule has 2 aromatic rings. The lowest BCUT2D eigenvalue weighted by Crippen LogP contribution is -2.25. The predicted molar refractivity (Wildman–Crippen MR) is 101 cm³/mol. The minimum Gasteiger partial charge on any atom is -0.470 e. The molecule has 2 rings (SSSR count). The molecule has 0 radical (unpaired) electrons. The molecule has 2 aromatic carbocycles. The van der Waals surface area contributed by atoms with E-state index in [1.807, 2.05) is 0 Å². The highest BCUT2D eigenvalue weighted by Crippen LogP contribution is 2.24. The molecular weight excluding hydrogens is 398 g/mol. The highest BCUT2D eigenvalue weighted by Gasteiger charge is 2.18. The zero-order valence-electron chi connectivity index (χ0n) is 14.8. The first-order valence-corrected chi connectivity index (χ1v) is 9.44. The summed E-state index contributed by atoms with van der Waals surface area (Å²) in [6.45, 7) is 2.00. The highest BCUT2D eigenvalue weighted by molar-refractivity contribution is 7.85. The third-order valence-electron chi connectivity index (χ3n) is 3.55. The zero-order valence-corrected chi connectivity index (χ0v) is 15.6. The summed E-state index contributed by atoms with van der Waals surface area (Å²) in [4.78, 5) is 0. The van der Waals surface area contributed by atoms with E-state index in [4.69, 9.17) is 4.74 Å². The van der Waals surface area contributed by atoms with Crippen LogP contribution in [0.25, 0.3) is 0 Å². The number of nitrogens with zero attached hydrogens (tertiary/aromatic N) is 3. The number of rotatable bonds is 8. The van der Waals surface area contributed by atoms with E-state index in [-0.39, 0.29) is 29.3 Å². The number of ether oxygens (including phenoxy) is 1. The van der Waals surface area contributed by atoms with E-state index in [1.165, 1.54) is 40.9 Å². The van der Waals surface area contributed by atoms with Gasteiger partial charge in [-0.2, -0.15) is 5.10 Å².